The van der Waals surface area contributed by atoms with Gasteiger partial charge >= 0.3 is 6.18 Å². The number of nitrogens with one attached hydrogen (secondary N) is 1. The van der Waals surface area contributed by atoms with Gasteiger partial charge in [0.05, 0.1) is 18.8 Å². The first-order valence-corrected chi connectivity index (χ1v) is 5.25. The van der Waals surface area contributed by atoms with Crippen molar-refractivity contribution in [3.63, 3.8) is 0 Å². The molecule has 5 nitrogen and oxygen atoms in total. The molecular formula is C9H15F3N4O. The summed E-state index contributed by atoms with van der Waals surface area (Å²) in [4.78, 5) is 0. The van der Waals surface area contributed by atoms with Gasteiger partial charge in [0, 0.05) is 12.7 Å². The van der Waals surface area contributed by atoms with Gasteiger partial charge in [0.25, 0.3) is 0 Å². The SMILES string of the molecule is CCNCc1cn(CCOCC(F)(F)F)nn1. The molecule has 1 rings (SSSR count). The first kappa shape index (κ1) is 13.9. The molecule has 8 heteroatoms. The van der Waals surface area contributed by atoms with Crippen LogP contribution in [0.15, 0.2) is 6.20 Å². The molecular weight excluding hydrogens is 237 g/mol. The summed E-state index contributed by atoms with van der Waals surface area (Å²) < 4.78 is 41.2. The smallest absolute Gasteiger partial charge is 0.370 e. The molecule has 0 aromatic carbocycles. The van der Waals surface area contributed by atoms with Crippen LogP contribution in [0.5, 0.6) is 0 Å². The summed E-state index contributed by atoms with van der Waals surface area (Å²) in [5, 5.41) is 10.7. The Balaban J connectivity index is 2.21. The van der Waals surface area contributed by atoms with Crippen molar-refractivity contribution in [3.8, 4) is 0 Å². The van der Waals surface area contributed by atoms with Crippen LogP contribution in [0.1, 0.15) is 12.6 Å². The quantitative estimate of drug-likeness (QED) is 0.735. The lowest BCUT2D eigenvalue weighted by molar-refractivity contribution is -0.174. The number of halogens is 3. The lowest BCUT2D eigenvalue weighted by Gasteiger charge is -2.06. The minimum atomic E-state index is -4.28. The summed E-state index contributed by atoms with van der Waals surface area (Å²) in [6.07, 6.45) is -2.60. The number of rotatable bonds is 7. The second-order valence-corrected chi connectivity index (χ2v) is 3.42. The molecule has 0 amide bonds. The van der Waals surface area contributed by atoms with Crippen molar-refractivity contribution in [3.05, 3.63) is 11.9 Å². The maximum Gasteiger partial charge on any atom is 0.411 e. The standard InChI is InChI=1S/C9H15F3N4O/c1-2-13-5-8-6-16(15-14-8)3-4-17-7-9(10,11)12/h6,13H,2-5,7H2,1H3. The van der Waals surface area contributed by atoms with Crippen LogP contribution in [0.4, 0.5) is 13.2 Å². The fourth-order valence-corrected chi connectivity index (χ4v) is 1.13. The van der Waals surface area contributed by atoms with Crippen LogP contribution in [0.25, 0.3) is 0 Å². The zero-order valence-electron chi connectivity index (χ0n) is 9.50. The normalized spacial score (nSPS) is 12.0. The van der Waals surface area contributed by atoms with Crippen LogP contribution in [-0.4, -0.2) is 40.9 Å². The molecule has 0 unspecified atom stereocenters. The third kappa shape index (κ3) is 6.22. The van der Waals surface area contributed by atoms with E-state index in [0.717, 1.165) is 12.2 Å². The first-order valence-electron chi connectivity index (χ1n) is 5.25. The minimum absolute atomic E-state index is 0.0382. The Morgan fingerprint density at radius 3 is 2.88 bits per heavy atom. The van der Waals surface area contributed by atoms with Gasteiger partial charge in [-0.25, -0.2) is 4.68 Å². The number of alkyl halides is 3. The molecule has 0 radical (unpaired) electrons. The summed E-state index contributed by atoms with van der Waals surface area (Å²) in [6, 6.07) is 0. The van der Waals surface area contributed by atoms with Crippen molar-refractivity contribution in [1.82, 2.24) is 20.3 Å². The zero-order valence-corrected chi connectivity index (χ0v) is 9.50. The number of hydrogen-bond donors (Lipinski definition) is 1. The average Bonchev–Trinajstić information content (AvgIpc) is 2.68. The molecule has 1 heterocycles. The topological polar surface area (TPSA) is 52.0 Å². The van der Waals surface area contributed by atoms with Crippen LogP contribution in [0, 0.1) is 0 Å². The Morgan fingerprint density at radius 2 is 2.24 bits per heavy atom. The summed E-state index contributed by atoms with van der Waals surface area (Å²) in [5.41, 5.74) is 0.752. The second kappa shape index (κ2) is 6.55. The predicted octanol–water partition coefficient (Wildman–Crippen LogP) is 0.966. The van der Waals surface area contributed by atoms with Gasteiger partial charge in [0.1, 0.15) is 6.61 Å². The largest absolute Gasteiger partial charge is 0.411 e. The van der Waals surface area contributed by atoms with Crippen molar-refractivity contribution >= 4 is 0 Å². The van der Waals surface area contributed by atoms with E-state index in [2.05, 4.69) is 20.4 Å². The van der Waals surface area contributed by atoms with Crippen LogP contribution in [0.3, 0.4) is 0 Å². The summed E-state index contributed by atoms with van der Waals surface area (Å²) >= 11 is 0. The van der Waals surface area contributed by atoms with E-state index in [1.165, 1.54) is 4.68 Å². The number of ether oxygens (including phenoxy) is 1. The average molecular weight is 252 g/mol. The van der Waals surface area contributed by atoms with Crippen LogP contribution < -0.4 is 5.32 Å². The van der Waals surface area contributed by atoms with Crippen molar-refractivity contribution in [1.29, 1.82) is 0 Å². The fraction of sp³-hybridized carbons (Fsp3) is 0.778. The van der Waals surface area contributed by atoms with E-state index in [0.29, 0.717) is 6.54 Å². The van der Waals surface area contributed by atoms with E-state index >= 15 is 0 Å². The molecule has 0 bridgehead atoms. The molecule has 0 atom stereocenters. The molecule has 1 aromatic rings. The molecule has 0 aliphatic carbocycles. The lowest BCUT2D eigenvalue weighted by Crippen LogP contribution is -2.19. The van der Waals surface area contributed by atoms with Crippen molar-refractivity contribution in [2.75, 3.05) is 19.8 Å². The second-order valence-electron chi connectivity index (χ2n) is 3.42. The number of aromatic nitrogens is 3. The van der Waals surface area contributed by atoms with Gasteiger partial charge in [-0.1, -0.05) is 12.1 Å². The lowest BCUT2D eigenvalue weighted by atomic mass is 10.4. The third-order valence-corrected chi connectivity index (χ3v) is 1.87. The first-order chi connectivity index (χ1) is 8.01. The molecule has 0 fully saturated rings. The van der Waals surface area contributed by atoms with Crippen LogP contribution >= 0.6 is 0 Å². The van der Waals surface area contributed by atoms with E-state index in [4.69, 9.17) is 0 Å². The van der Waals surface area contributed by atoms with Gasteiger partial charge in [-0.2, -0.15) is 13.2 Å². The molecule has 1 aromatic heterocycles. The zero-order chi connectivity index (χ0) is 12.7. The van der Waals surface area contributed by atoms with E-state index < -0.39 is 12.8 Å². The minimum Gasteiger partial charge on any atom is -0.370 e. The molecule has 1 N–H and O–H groups in total. The van der Waals surface area contributed by atoms with Gasteiger partial charge < -0.3 is 10.1 Å². The monoisotopic (exact) mass is 252 g/mol. The predicted molar refractivity (Wildman–Crippen MR) is 54.3 cm³/mol. The Bertz CT molecular complexity index is 326. The Hall–Kier alpha value is -1.15. The van der Waals surface area contributed by atoms with E-state index in [1.807, 2.05) is 6.92 Å². The van der Waals surface area contributed by atoms with Gasteiger partial charge in [-0.3, -0.25) is 0 Å². The molecule has 0 aliphatic heterocycles. The van der Waals surface area contributed by atoms with Gasteiger partial charge in [-0.15, -0.1) is 5.10 Å². The highest BCUT2D eigenvalue weighted by Gasteiger charge is 2.27. The summed E-state index contributed by atoms with van der Waals surface area (Å²) in [5.74, 6) is 0. The molecule has 0 saturated heterocycles. The van der Waals surface area contributed by atoms with E-state index in [-0.39, 0.29) is 13.2 Å². The van der Waals surface area contributed by atoms with Crippen molar-refractivity contribution < 1.29 is 17.9 Å². The van der Waals surface area contributed by atoms with Crippen molar-refractivity contribution in [2.45, 2.75) is 26.2 Å². The Kier molecular flexibility index (Phi) is 5.36. The molecule has 0 aliphatic rings. The molecule has 0 spiro atoms. The fourth-order valence-electron chi connectivity index (χ4n) is 1.13. The van der Waals surface area contributed by atoms with Gasteiger partial charge in [0.15, 0.2) is 0 Å². The highest BCUT2D eigenvalue weighted by atomic mass is 19.4. The number of nitrogens with zero attached hydrogens (tertiary/aromatic N) is 3. The van der Waals surface area contributed by atoms with Crippen molar-refractivity contribution in [2.24, 2.45) is 0 Å². The Morgan fingerprint density at radius 1 is 1.47 bits per heavy atom. The number of hydrogen-bond acceptors (Lipinski definition) is 4. The van der Waals surface area contributed by atoms with Crippen LogP contribution in [0.2, 0.25) is 0 Å². The third-order valence-electron chi connectivity index (χ3n) is 1.87. The highest BCUT2D eigenvalue weighted by Crippen LogP contribution is 2.14. The maximum absolute atomic E-state index is 11.8. The van der Waals surface area contributed by atoms with Gasteiger partial charge in [0.2, 0.25) is 0 Å². The van der Waals surface area contributed by atoms with Crippen LogP contribution in [-0.2, 0) is 17.8 Å². The highest BCUT2D eigenvalue weighted by molar-refractivity contribution is 4.91. The summed E-state index contributed by atoms with van der Waals surface area (Å²) in [6.45, 7) is 2.38. The van der Waals surface area contributed by atoms with E-state index in [1.54, 1.807) is 6.20 Å². The molecule has 98 valence electrons. The molecule has 0 saturated carbocycles. The molecule has 17 heavy (non-hydrogen) atoms. The maximum atomic E-state index is 11.8. The Labute approximate surface area is 96.9 Å². The van der Waals surface area contributed by atoms with Gasteiger partial charge in [-0.05, 0) is 6.54 Å². The summed E-state index contributed by atoms with van der Waals surface area (Å²) in [7, 11) is 0. The van der Waals surface area contributed by atoms with E-state index in [9.17, 15) is 13.2 Å².